The minimum absolute atomic E-state index is 0.0194. The van der Waals surface area contributed by atoms with Gasteiger partial charge in [-0.1, -0.05) is 36.4 Å². The van der Waals surface area contributed by atoms with Gasteiger partial charge in [-0.15, -0.1) is 0 Å². The Morgan fingerprint density at radius 3 is 2.57 bits per heavy atom. The number of hydrogen-bond acceptors (Lipinski definition) is 6. The lowest BCUT2D eigenvalue weighted by Gasteiger charge is -2.35. The third-order valence-electron chi connectivity index (χ3n) is 5.94. The van der Waals surface area contributed by atoms with E-state index in [-0.39, 0.29) is 11.9 Å². The van der Waals surface area contributed by atoms with Gasteiger partial charge >= 0.3 is 0 Å². The number of piperazine rings is 1. The highest BCUT2D eigenvalue weighted by Gasteiger charge is 2.30. The zero-order valence-corrected chi connectivity index (χ0v) is 16.9. The van der Waals surface area contributed by atoms with Gasteiger partial charge in [0.2, 0.25) is 6.79 Å². The first-order chi connectivity index (χ1) is 14.8. The van der Waals surface area contributed by atoms with Gasteiger partial charge in [-0.3, -0.25) is 14.6 Å². The average Bonchev–Trinajstić information content (AvgIpc) is 3.45. The summed E-state index contributed by atoms with van der Waals surface area (Å²) in [6.45, 7) is 5.23. The Kier molecular flexibility index (Phi) is 5.38. The van der Waals surface area contributed by atoms with Gasteiger partial charge in [0.15, 0.2) is 11.5 Å². The van der Waals surface area contributed by atoms with E-state index in [1.54, 1.807) is 5.01 Å². The van der Waals surface area contributed by atoms with Crippen molar-refractivity contribution in [3.05, 3.63) is 59.7 Å². The molecule has 2 aromatic rings. The van der Waals surface area contributed by atoms with E-state index in [1.807, 2.05) is 30.5 Å². The molecule has 7 heteroatoms. The predicted molar refractivity (Wildman–Crippen MR) is 113 cm³/mol. The van der Waals surface area contributed by atoms with Crippen molar-refractivity contribution in [1.29, 1.82) is 0 Å². The maximum absolute atomic E-state index is 12.9. The standard InChI is InChI=1S/C23H26N4O3/c28-23(27-20(8-9-24-27)19-4-2-1-3-5-19)16-26-12-10-25(11-13-26)15-18-6-7-21-22(14-18)30-17-29-21/h1-7,9,14,20H,8,10-13,15-17H2/t20-/m0/s1. The number of amides is 1. The summed E-state index contributed by atoms with van der Waals surface area (Å²) in [5.41, 5.74) is 2.36. The molecule has 7 nitrogen and oxygen atoms in total. The number of fused-ring (bicyclic) bond motifs is 1. The Morgan fingerprint density at radius 2 is 1.73 bits per heavy atom. The van der Waals surface area contributed by atoms with Crippen molar-refractivity contribution in [2.45, 2.75) is 19.0 Å². The quantitative estimate of drug-likeness (QED) is 0.764. The van der Waals surface area contributed by atoms with Crippen LogP contribution in [0.3, 0.4) is 0 Å². The summed E-state index contributed by atoms with van der Waals surface area (Å²) >= 11 is 0. The summed E-state index contributed by atoms with van der Waals surface area (Å²) in [6.07, 6.45) is 2.62. The normalized spacial score (nSPS) is 21.3. The van der Waals surface area contributed by atoms with E-state index in [9.17, 15) is 4.79 Å². The summed E-state index contributed by atoms with van der Waals surface area (Å²) in [7, 11) is 0. The third-order valence-corrected chi connectivity index (χ3v) is 5.94. The molecule has 0 spiro atoms. The number of rotatable bonds is 5. The zero-order chi connectivity index (χ0) is 20.3. The fraction of sp³-hybridized carbons (Fsp3) is 0.391. The largest absolute Gasteiger partial charge is 0.454 e. The van der Waals surface area contributed by atoms with Crippen LogP contribution in [0.2, 0.25) is 0 Å². The molecule has 156 valence electrons. The molecule has 5 rings (SSSR count). The molecular formula is C23H26N4O3. The van der Waals surface area contributed by atoms with Crippen LogP contribution < -0.4 is 9.47 Å². The van der Waals surface area contributed by atoms with Crippen LogP contribution in [0.4, 0.5) is 0 Å². The second kappa shape index (κ2) is 8.45. The first kappa shape index (κ1) is 19.1. The van der Waals surface area contributed by atoms with E-state index in [1.165, 1.54) is 5.56 Å². The first-order valence-electron chi connectivity index (χ1n) is 10.5. The lowest BCUT2D eigenvalue weighted by atomic mass is 10.0. The molecule has 0 unspecified atom stereocenters. The molecule has 0 aliphatic carbocycles. The number of nitrogens with zero attached hydrogens (tertiary/aromatic N) is 4. The Bertz CT molecular complexity index is 925. The van der Waals surface area contributed by atoms with Gasteiger partial charge in [0, 0.05) is 45.4 Å². The second-order valence-electron chi connectivity index (χ2n) is 7.94. The molecule has 0 saturated carbocycles. The number of benzene rings is 2. The van der Waals surface area contributed by atoms with Crippen LogP contribution in [0.1, 0.15) is 23.6 Å². The molecule has 1 atom stereocenters. The minimum atomic E-state index is 0.0194. The molecule has 1 amide bonds. The van der Waals surface area contributed by atoms with Gasteiger partial charge in [-0.25, -0.2) is 5.01 Å². The van der Waals surface area contributed by atoms with Gasteiger partial charge < -0.3 is 9.47 Å². The lowest BCUT2D eigenvalue weighted by Crippen LogP contribution is -2.49. The zero-order valence-electron chi connectivity index (χ0n) is 16.9. The summed E-state index contributed by atoms with van der Waals surface area (Å²) in [4.78, 5) is 17.6. The Morgan fingerprint density at radius 1 is 0.967 bits per heavy atom. The maximum atomic E-state index is 12.9. The molecule has 2 aromatic carbocycles. The van der Waals surface area contributed by atoms with Gasteiger partial charge in [0.05, 0.1) is 12.6 Å². The highest BCUT2D eigenvalue weighted by atomic mass is 16.7. The number of ether oxygens (including phenoxy) is 2. The van der Waals surface area contributed by atoms with E-state index < -0.39 is 0 Å². The van der Waals surface area contributed by atoms with Crippen LogP contribution in [-0.4, -0.2) is 66.4 Å². The second-order valence-corrected chi connectivity index (χ2v) is 7.94. The molecule has 3 heterocycles. The van der Waals surface area contributed by atoms with E-state index in [0.29, 0.717) is 13.3 Å². The van der Waals surface area contributed by atoms with Crippen molar-refractivity contribution < 1.29 is 14.3 Å². The van der Waals surface area contributed by atoms with Crippen molar-refractivity contribution in [2.24, 2.45) is 5.10 Å². The molecule has 3 aliphatic heterocycles. The average molecular weight is 406 g/mol. The number of carbonyl (C=O) groups excluding carboxylic acids is 1. The molecule has 0 bridgehead atoms. The van der Waals surface area contributed by atoms with Gasteiger partial charge in [0.25, 0.3) is 5.91 Å². The molecule has 0 N–H and O–H groups in total. The third kappa shape index (κ3) is 4.04. The van der Waals surface area contributed by atoms with E-state index in [0.717, 1.165) is 56.2 Å². The van der Waals surface area contributed by atoms with Crippen LogP contribution >= 0.6 is 0 Å². The maximum Gasteiger partial charge on any atom is 0.257 e. The minimum Gasteiger partial charge on any atom is -0.454 e. The fourth-order valence-corrected chi connectivity index (χ4v) is 4.27. The van der Waals surface area contributed by atoms with E-state index in [4.69, 9.17) is 9.47 Å². The van der Waals surface area contributed by atoms with Crippen molar-refractivity contribution in [3.8, 4) is 11.5 Å². The van der Waals surface area contributed by atoms with Crippen LogP contribution in [0, 0.1) is 0 Å². The molecule has 3 aliphatic rings. The lowest BCUT2D eigenvalue weighted by molar-refractivity contribution is -0.134. The first-order valence-corrected chi connectivity index (χ1v) is 10.5. The Balaban J connectivity index is 1.13. The van der Waals surface area contributed by atoms with Crippen LogP contribution in [0.5, 0.6) is 11.5 Å². The highest BCUT2D eigenvalue weighted by Crippen LogP contribution is 2.33. The molecule has 0 radical (unpaired) electrons. The van der Waals surface area contributed by atoms with Gasteiger partial charge in [-0.05, 0) is 23.3 Å². The van der Waals surface area contributed by atoms with Gasteiger partial charge in [-0.2, -0.15) is 5.10 Å². The van der Waals surface area contributed by atoms with Crippen LogP contribution in [0.25, 0.3) is 0 Å². The summed E-state index contributed by atoms with van der Waals surface area (Å²) in [6, 6.07) is 16.3. The van der Waals surface area contributed by atoms with Crippen molar-refractivity contribution >= 4 is 12.1 Å². The molecule has 1 saturated heterocycles. The van der Waals surface area contributed by atoms with Crippen molar-refractivity contribution in [3.63, 3.8) is 0 Å². The molecule has 1 fully saturated rings. The summed E-state index contributed by atoms with van der Waals surface area (Å²) < 4.78 is 10.9. The van der Waals surface area contributed by atoms with Crippen LogP contribution in [0.15, 0.2) is 53.6 Å². The topological polar surface area (TPSA) is 57.6 Å². The monoisotopic (exact) mass is 406 g/mol. The van der Waals surface area contributed by atoms with Gasteiger partial charge in [0.1, 0.15) is 0 Å². The number of hydrogen-bond donors (Lipinski definition) is 0. The molecule has 0 aromatic heterocycles. The highest BCUT2D eigenvalue weighted by molar-refractivity contribution is 5.81. The Labute approximate surface area is 176 Å². The predicted octanol–water partition coefficient (Wildman–Crippen LogP) is 2.49. The molecular weight excluding hydrogens is 380 g/mol. The number of hydrazone groups is 1. The Hall–Kier alpha value is -2.90. The van der Waals surface area contributed by atoms with E-state index >= 15 is 0 Å². The SMILES string of the molecule is O=C(CN1CCN(Cc2ccc3c(c2)OCO3)CC1)N1N=CC[C@H]1c1ccccc1. The fourth-order valence-electron chi connectivity index (χ4n) is 4.27. The smallest absolute Gasteiger partial charge is 0.257 e. The van der Waals surface area contributed by atoms with E-state index in [2.05, 4.69) is 39.2 Å². The number of carbonyl (C=O) groups is 1. The van der Waals surface area contributed by atoms with Crippen molar-refractivity contribution in [1.82, 2.24) is 14.8 Å². The summed E-state index contributed by atoms with van der Waals surface area (Å²) in [5.74, 6) is 1.72. The van der Waals surface area contributed by atoms with Crippen LogP contribution in [-0.2, 0) is 11.3 Å². The van der Waals surface area contributed by atoms with Crippen molar-refractivity contribution in [2.75, 3.05) is 39.5 Å². The summed E-state index contributed by atoms with van der Waals surface area (Å²) in [5, 5.41) is 6.02. The molecule has 30 heavy (non-hydrogen) atoms.